The first-order valence-corrected chi connectivity index (χ1v) is 4.94. The van der Waals surface area contributed by atoms with Crippen molar-refractivity contribution in [2.75, 3.05) is 0 Å². The van der Waals surface area contributed by atoms with E-state index in [1.807, 2.05) is 18.2 Å². The van der Waals surface area contributed by atoms with Gasteiger partial charge in [-0.05, 0) is 42.0 Å². The largest absolute Gasteiger partial charge is 0.281 e. The van der Waals surface area contributed by atoms with Crippen LogP contribution in [0.1, 0.15) is 29.9 Å². The molecule has 1 aliphatic rings. The van der Waals surface area contributed by atoms with Crippen molar-refractivity contribution in [3.63, 3.8) is 0 Å². The van der Waals surface area contributed by atoms with E-state index in [1.54, 1.807) is 0 Å². The van der Waals surface area contributed by atoms with Gasteiger partial charge in [0, 0.05) is 0 Å². The van der Waals surface area contributed by atoms with Crippen LogP contribution in [0, 0.1) is 0 Å². The van der Waals surface area contributed by atoms with E-state index in [0.717, 1.165) is 24.8 Å². The summed E-state index contributed by atoms with van der Waals surface area (Å²) in [6.07, 6.45) is 3.05. The van der Waals surface area contributed by atoms with E-state index < -0.39 is 0 Å². The molecule has 0 fully saturated rings. The maximum absolute atomic E-state index is 11.1. The molecule has 0 bridgehead atoms. The van der Waals surface area contributed by atoms with Gasteiger partial charge in [-0.3, -0.25) is 4.79 Å². The zero-order chi connectivity index (χ0) is 9.26. The van der Waals surface area contributed by atoms with Crippen molar-refractivity contribution < 1.29 is 4.79 Å². The second-order valence-electron chi connectivity index (χ2n) is 3.45. The molecule has 2 rings (SSSR count). The number of carbonyl (C=O) groups is 1. The standard InChI is InChI=1S/C11H11ClO/c12-11(13)10-7-3-5-8-4-1-2-6-9(8)10/h1-2,4,6,10H,3,5,7H2/t10-/m1/s1. The molecule has 0 aromatic heterocycles. The number of benzene rings is 1. The Balaban J connectivity index is 2.42. The summed E-state index contributed by atoms with van der Waals surface area (Å²) in [6, 6.07) is 8.08. The lowest BCUT2D eigenvalue weighted by Gasteiger charge is -2.21. The van der Waals surface area contributed by atoms with Crippen molar-refractivity contribution in [3.05, 3.63) is 35.4 Å². The first-order valence-electron chi connectivity index (χ1n) is 4.56. The summed E-state index contributed by atoms with van der Waals surface area (Å²) >= 11 is 5.55. The summed E-state index contributed by atoms with van der Waals surface area (Å²) in [4.78, 5) is 11.1. The van der Waals surface area contributed by atoms with E-state index in [0.29, 0.717) is 0 Å². The molecule has 1 aromatic carbocycles. The second-order valence-corrected chi connectivity index (χ2v) is 3.82. The predicted molar refractivity (Wildman–Crippen MR) is 53.0 cm³/mol. The van der Waals surface area contributed by atoms with Gasteiger partial charge in [-0.15, -0.1) is 0 Å². The Labute approximate surface area is 82.7 Å². The highest BCUT2D eigenvalue weighted by Crippen LogP contribution is 2.32. The minimum absolute atomic E-state index is 0.0633. The van der Waals surface area contributed by atoms with Gasteiger partial charge in [-0.25, -0.2) is 0 Å². The van der Waals surface area contributed by atoms with Crippen molar-refractivity contribution in [2.24, 2.45) is 0 Å². The maximum atomic E-state index is 11.1. The molecule has 0 amide bonds. The van der Waals surface area contributed by atoms with E-state index in [2.05, 4.69) is 6.07 Å². The molecule has 0 aliphatic heterocycles. The van der Waals surface area contributed by atoms with Crippen LogP contribution in [-0.2, 0) is 11.2 Å². The monoisotopic (exact) mass is 194 g/mol. The van der Waals surface area contributed by atoms with Crippen LogP contribution in [0.25, 0.3) is 0 Å². The molecule has 1 aromatic rings. The molecular formula is C11H11ClO. The van der Waals surface area contributed by atoms with Crippen LogP contribution in [-0.4, -0.2) is 5.24 Å². The Morgan fingerprint density at radius 3 is 2.92 bits per heavy atom. The van der Waals surface area contributed by atoms with E-state index >= 15 is 0 Å². The maximum Gasteiger partial charge on any atom is 0.229 e. The van der Waals surface area contributed by atoms with Gasteiger partial charge in [0.1, 0.15) is 0 Å². The Kier molecular flexibility index (Phi) is 2.36. The lowest BCUT2D eigenvalue weighted by molar-refractivity contribution is -0.113. The van der Waals surface area contributed by atoms with Gasteiger partial charge in [-0.1, -0.05) is 24.3 Å². The molecule has 13 heavy (non-hydrogen) atoms. The number of carbonyl (C=O) groups excluding carboxylic acids is 1. The Hall–Kier alpha value is -0.820. The zero-order valence-corrected chi connectivity index (χ0v) is 8.05. The van der Waals surface area contributed by atoms with E-state index in [4.69, 9.17) is 11.6 Å². The molecule has 2 heteroatoms. The minimum atomic E-state index is -0.216. The topological polar surface area (TPSA) is 17.1 Å². The van der Waals surface area contributed by atoms with Crippen molar-refractivity contribution >= 4 is 16.8 Å². The molecule has 1 aliphatic carbocycles. The fraction of sp³-hybridized carbons (Fsp3) is 0.364. The first kappa shape index (κ1) is 8.76. The molecule has 1 atom stereocenters. The van der Waals surface area contributed by atoms with Crippen molar-refractivity contribution in [1.29, 1.82) is 0 Å². The molecule has 0 radical (unpaired) electrons. The first-order chi connectivity index (χ1) is 6.29. The average molecular weight is 195 g/mol. The third-order valence-corrected chi connectivity index (χ3v) is 2.91. The van der Waals surface area contributed by atoms with E-state index in [-0.39, 0.29) is 11.2 Å². The summed E-state index contributed by atoms with van der Waals surface area (Å²) in [6.45, 7) is 0. The van der Waals surface area contributed by atoms with Crippen LogP contribution in [0.4, 0.5) is 0 Å². The van der Waals surface area contributed by atoms with Crippen LogP contribution in [0.5, 0.6) is 0 Å². The average Bonchev–Trinajstić information content (AvgIpc) is 2.17. The van der Waals surface area contributed by atoms with Gasteiger partial charge in [0.15, 0.2) is 0 Å². The van der Waals surface area contributed by atoms with Gasteiger partial charge >= 0.3 is 0 Å². The fourth-order valence-electron chi connectivity index (χ4n) is 1.99. The normalized spacial score (nSPS) is 20.8. The molecular weight excluding hydrogens is 184 g/mol. The van der Waals surface area contributed by atoms with Gasteiger partial charge in [0.2, 0.25) is 5.24 Å². The van der Waals surface area contributed by atoms with Crippen LogP contribution < -0.4 is 0 Å². The predicted octanol–water partition coefficient (Wildman–Crippen LogP) is 2.87. The molecule has 68 valence electrons. The quantitative estimate of drug-likeness (QED) is 0.629. The van der Waals surface area contributed by atoms with Crippen molar-refractivity contribution in [2.45, 2.75) is 25.2 Å². The number of halogens is 1. The Morgan fingerprint density at radius 2 is 2.15 bits per heavy atom. The highest BCUT2D eigenvalue weighted by atomic mass is 35.5. The summed E-state index contributed by atoms with van der Waals surface area (Å²) in [5.74, 6) is -0.0633. The third-order valence-electron chi connectivity index (χ3n) is 2.64. The lowest BCUT2D eigenvalue weighted by Crippen LogP contribution is -2.14. The minimum Gasteiger partial charge on any atom is -0.281 e. The van der Waals surface area contributed by atoms with Crippen molar-refractivity contribution in [1.82, 2.24) is 0 Å². The number of fused-ring (bicyclic) bond motifs is 1. The number of hydrogen-bond donors (Lipinski definition) is 0. The van der Waals surface area contributed by atoms with Crippen LogP contribution >= 0.6 is 11.6 Å². The van der Waals surface area contributed by atoms with Crippen molar-refractivity contribution in [3.8, 4) is 0 Å². The summed E-state index contributed by atoms with van der Waals surface area (Å²) < 4.78 is 0. The Morgan fingerprint density at radius 1 is 1.38 bits per heavy atom. The summed E-state index contributed by atoms with van der Waals surface area (Å²) in [5.41, 5.74) is 2.42. The molecule has 0 saturated carbocycles. The fourth-order valence-corrected chi connectivity index (χ4v) is 2.22. The number of rotatable bonds is 1. The van der Waals surface area contributed by atoms with E-state index in [9.17, 15) is 4.79 Å². The molecule has 0 unspecified atom stereocenters. The van der Waals surface area contributed by atoms with Gasteiger partial charge in [-0.2, -0.15) is 0 Å². The molecule has 0 N–H and O–H groups in total. The zero-order valence-electron chi connectivity index (χ0n) is 7.29. The van der Waals surface area contributed by atoms with E-state index in [1.165, 1.54) is 5.56 Å². The van der Waals surface area contributed by atoms with Crippen LogP contribution in [0.3, 0.4) is 0 Å². The van der Waals surface area contributed by atoms with Crippen LogP contribution in [0.15, 0.2) is 24.3 Å². The SMILES string of the molecule is O=C(Cl)[C@@H]1CCCc2ccccc21. The van der Waals surface area contributed by atoms with Gasteiger partial charge in [0.25, 0.3) is 0 Å². The Bertz CT molecular complexity index is 333. The lowest BCUT2D eigenvalue weighted by atomic mass is 9.84. The molecule has 0 heterocycles. The molecule has 0 saturated heterocycles. The summed E-state index contributed by atoms with van der Waals surface area (Å²) in [5, 5.41) is -0.216. The number of hydrogen-bond acceptors (Lipinski definition) is 1. The molecule has 1 nitrogen and oxygen atoms in total. The van der Waals surface area contributed by atoms with Gasteiger partial charge in [0.05, 0.1) is 5.92 Å². The smallest absolute Gasteiger partial charge is 0.229 e. The van der Waals surface area contributed by atoms with Crippen LogP contribution in [0.2, 0.25) is 0 Å². The van der Waals surface area contributed by atoms with Gasteiger partial charge < -0.3 is 0 Å². The highest BCUT2D eigenvalue weighted by Gasteiger charge is 2.24. The third kappa shape index (κ3) is 1.61. The number of aryl methyl sites for hydroxylation is 1. The summed E-state index contributed by atoms with van der Waals surface area (Å²) in [7, 11) is 0. The highest BCUT2D eigenvalue weighted by molar-refractivity contribution is 6.64. The second kappa shape index (κ2) is 3.51. The molecule has 0 spiro atoms.